The van der Waals surface area contributed by atoms with E-state index in [1.54, 1.807) is 24.3 Å². The zero-order valence-electron chi connectivity index (χ0n) is 11.8. The molecular weight excluding hydrogens is 263 g/mol. The van der Waals surface area contributed by atoms with E-state index < -0.39 is 18.6 Å². The summed E-state index contributed by atoms with van der Waals surface area (Å²) in [5.74, 6) is 0.601. The first-order valence-electron chi connectivity index (χ1n) is 7.32. The number of nitrogens with one attached hydrogen (secondary N) is 1. The van der Waals surface area contributed by atoms with Crippen molar-refractivity contribution in [1.82, 2.24) is 5.32 Å². The van der Waals surface area contributed by atoms with Crippen LogP contribution in [0.5, 0.6) is 0 Å². The molecule has 112 valence electrons. The van der Waals surface area contributed by atoms with Gasteiger partial charge < -0.3 is 5.32 Å². The number of alkyl halides is 3. The van der Waals surface area contributed by atoms with E-state index in [4.69, 9.17) is 0 Å². The van der Waals surface area contributed by atoms with Crippen molar-refractivity contribution in [3.63, 3.8) is 0 Å². The molecule has 0 saturated heterocycles. The molecule has 0 bridgehead atoms. The molecular formula is C16H22F3N. The topological polar surface area (TPSA) is 12.0 Å². The fourth-order valence-electron chi connectivity index (χ4n) is 3.06. The van der Waals surface area contributed by atoms with E-state index in [1.165, 1.54) is 6.42 Å². The first-order chi connectivity index (χ1) is 9.44. The molecule has 1 aliphatic carbocycles. The first kappa shape index (κ1) is 15.4. The van der Waals surface area contributed by atoms with Crippen molar-refractivity contribution in [3.8, 4) is 0 Å². The minimum Gasteiger partial charge on any atom is -0.307 e. The average molecular weight is 285 g/mol. The number of hydrogen-bond donors (Lipinski definition) is 1. The summed E-state index contributed by atoms with van der Waals surface area (Å²) in [5.41, 5.74) is 0.725. The van der Waals surface area contributed by atoms with Crippen LogP contribution in [-0.2, 0) is 0 Å². The highest BCUT2D eigenvalue weighted by atomic mass is 19.4. The molecule has 1 aromatic carbocycles. The SMILES string of the molecule is CC1CCCC(NC(CC(F)(F)F)c2ccccc2)C1. The molecule has 1 N–H and O–H groups in total. The number of halogens is 3. The van der Waals surface area contributed by atoms with Gasteiger partial charge >= 0.3 is 6.18 Å². The van der Waals surface area contributed by atoms with Crippen LogP contribution in [0.2, 0.25) is 0 Å². The Kier molecular flexibility index (Phi) is 5.08. The number of rotatable bonds is 4. The van der Waals surface area contributed by atoms with Gasteiger partial charge in [-0.25, -0.2) is 0 Å². The second-order valence-corrected chi connectivity index (χ2v) is 5.92. The molecule has 0 radical (unpaired) electrons. The molecule has 0 amide bonds. The van der Waals surface area contributed by atoms with E-state index in [0.717, 1.165) is 24.8 Å². The highest BCUT2D eigenvalue weighted by molar-refractivity contribution is 5.19. The van der Waals surface area contributed by atoms with Crippen molar-refractivity contribution in [1.29, 1.82) is 0 Å². The predicted molar refractivity (Wildman–Crippen MR) is 74.4 cm³/mol. The van der Waals surface area contributed by atoms with Gasteiger partial charge in [-0.3, -0.25) is 0 Å². The van der Waals surface area contributed by atoms with Gasteiger partial charge in [-0.05, 0) is 24.3 Å². The Morgan fingerprint density at radius 1 is 1.20 bits per heavy atom. The number of benzene rings is 1. The molecule has 0 heterocycles. The quantitative estimate of drug-likeness (QED) is 0.834. The fourth-order valence-corrected chi connectivity index (χ4v) is 3.06. The van der Waals surface area contributed by atoms with Gasteiger partial charge in [-0.1, -0.05) is 50.1 Å². The Morgan fingerprint density at radius 3 is 2.50 bits per heavy atom. The lowest BCUT2D eigenvalue weighted by Crippen LogP contribution is -2.38. The summed E-state index contributed by atoms with van der Waals surface area (Å²) in [6, 6.07) is 8.54. The van der Waals surface area contributed by atoms with Crippen LogP contribution in [0.15, 0.2) is 30.3 Å². The van der Waals surface area contributed by atoms with Gasteiger partial charge in [0.1, 0.15) is 0 Å². The van der Waals surface area contributed by atoms with Crippen LogP contribution in [0.3, 0.4) is 0 Å². The Morgan fingerprint density at radius 2 is 1.90 bits per heavy atom. The largest absolute Gasteiger partial charge is 0.390 e. The summed E-state index contributed by atoms with van der Waals surface area (Å²) in [5, 5.41) is 3.24. The van der Waals surface area contributed by atoms with Crippen molar-refractivity contribution in [2.24, 2.45) is 5.92 Å². The van der Waals surface area contributed by atoms with E-state index in [2.05, 4.69) is 12.2 Å². The zero-order valence-corrected chi connectivity index (χ0v) is 11.8. The summed E-state index contributed by atoms with van der Waals surface area (Å²) in [7, 11) is 0. The molecule has 3 unspecified atom stereocenters. The molecule has 1 aromatic rings. The minimum absolute atomic E-state index is 0.200. The molecule has 0 aromatic heterocycles. The Labute approximate surface area is 118 Å². The Balaban J connectivity index is 2.06. The van der Waals surface area contributed by atoms with E-state index in [-0.39, 0.29) is 6.04 Å². The summed E-state index contributed by atoms with van der Waals surface area (Å²) in [4.78, 5) is 0. The molecule has 1 saturated carbocycles. The van der Waals surface area contributed by atoms with E-state index in [0.29, 0.717) is 5.92 Å². The summed E-state index contributed by atoms with van der Waals surface area (Å²) < 4.78 is 38.3. The molecule has 4 heteroatoms. The molecule has 1 fully saturated rings. The highest BCUT2D eigenvalue weighted by Gasteiger charge is 2.34. The van der Waals surface area contributed by atoms with Gasteiger partial charge in [0.05, 0.1) is 6.42 Å². The van der Waals surface area contributed by atoms with Crippen molar-refractivity contribution in [2.45, 2.75) is 57.3 Å². The summed E-state index contributed by atoms with van der Waals surface area (Å²) in [6.45, 7) is 2.18. The fraction of sp³-hybridized carbons (Fsp3) is 0.625. The molecule has 0 spiro atoms. The van der Waals surface area contributed by atoms with Crippen LogP contribution >= 0.6 is 0 Å². The van der Waals surface area contributed by atoms with Gasteiger partial charge in [-0.2, -0.15) is 13.2 Å². The normalized spacial score (nSPS) is 25.4. The Bertz CT molecular complexity index is 402. The minimum atomic E-state index is -4.15. The van der Waals surface area contributed by atoms with Gasteiger partial charge in [0.2, 0.25) is 0 Å². The highest BCUT2D eigenvalue weighted by Crippen LogP contribution is 2.32. The van der Waals surface area contributed by atoms with E-state index in [1.807, 2.05) is 6.07 Å². The third-order valence-corrected chi connectivity index (χ3v) is 4.01. The molecule has 1 nitrogen and oxygen atoms in total. The van der Waals surface area contributed by atoms with Crippen LogP contribution in [0.25, 0.3) is 0 Å². The maximum Gasteiger partial charge on any atom is 0.390 e. The van der Waals surface area contributed by atoms with E-state index >= 15 is 0 Å². The van der Waals surface area contributed by atoms with Crippen LogP contribution in [0, 0.1) is 5.92 Å². The van der Waals surface area contributed by atoms with Crippen molar-refractivity contribution in [3.05, 3.63) is 35.9 Å². The van der Waals surface area contributed by atoms with Gasteiger partial charge in [0.25, 0.3) is 0 Å². The lowest BCUT2D eigenvalue weighted by Gasteiger charge is -2.32. The smallest absolute Gasteiger partial charge is 0.307 e. The van der Waals surface area contributed by atoms with Gasteiger partial charge in [0.15, 0.2) is 0 Å². The molecule has 2 rings (SSSR count). The summed E-state index contributed by atoms with van der Waals surface area (Å²) in [6.07, 6.45) is -0.706. The van der Waals surface area contributed by atoms with Gasteiger partial charge in [-0.15, -0.1) is 0 Å². The first-order valence-corrected chi connectivity index (χ1v) is 7.32. The van der Waals surface area contributed by atoms with Crippen molar-refractivity contribution in [2.75, 3.05) is 0 Å². The molecule has 1 aliphatic rings. The van der Waals surface area contributed by atoms with Gasteiger partial charge in [0, 0.05) is 12.1 Å². The van der Waals surface area contributed by atoms with Crippen LogP contribution in [0.4, 0.5) is 13.2 Å². The summed E-state index contributed by atoms with van der Waals surface area (Å²) >= 11 is 0. The monoisotopic (exact) mass is 285 g/mol. The molecule has 3 atom stereocenters. The zero-order chi connectivity index (χ0) is 14.6. The van der Waals surface area contributed by atoms with Crippen LogP contribution in [-0.4, -0.2) is 12.2 Å². The standard InChI is InChI=1S/C16H22F3N/c1-12-6-5-9-14(10-12)20-15(11-16(17,18)19)13-7-3-2-4-8-13/h2-4,7-8,12,14-15,20H,5-6,9-11H2,1H3. The second kappa shape index (κ2) is 6.61. The Hall–Kier alpha value is -1.03. The molecule has 20 heavy (non-hydrogen) atoms. The maximum atomic E-state index is 12.8. The third kappa shape index (κ3) is 4.82. The third-order valence-electron chi connectivity index (χ3n) is 4.01. The molecule has 0 aliphatic heterocycles. The van der Waals surface area contributed by atoms with Crippen molar-refractivity contribution < 1.29 is 13.2 Å². The maximum absolute atomic E-state index is 12.8. The van der Waals surface area contributed by atoms with Crippen LogP contribution in [0.1, 0.15) is 50.6 Å². The lowest BCUT2D eigenvalue weighted by atomic mass is 9.86. The lowest BCUT2D eigenvalue weighted by molar-refractivity contribution is -0.141. The average Bonchev–Trinajstić information content (AvgIpc) is 2.37. The van der Waals surface area contributed by atoms with E-state index in [9.17, 15) is 13.2 Å². The predicted octanol–water partition coefficient (Wildman–Crippen LogP) is 4.85. The van der Waals surface area contributed by atoms with Crippen molar-refractivity contribution >= 4 is 0 Å². The number of hydrogen-bond acceptors (Lipinski definition) is 1. The second-order valence-electron chi connectivity index (χ2n) is 5.92. The van der Waals surface area contributed by atoms with Crippen LogP contribution < -0.4 is 5.32 Å².